The molecule has 0 aliphatic rings. The maximum absolute atomic E-state index is 9.61. The number of aliphatic hydroxyl groups excluding tert-OH is 2. The van der Waals surface area contributed by atoms with Gasteiger partial charge in [0.25, 0.3) is 0 Å². The lowest BCUT2D eigenvalue weighted by atomic mass is 10.00. The Morgan fingerprint density at radius 1 is 0.567 bits per heavy atom. The molecule has 0 spiro atoms. The van der Waals surface area contributed by atoms with Crippen molar-refractivity contribution < 1.29 is 15.3 Å². The Morgan fingerprint density at radius 3 is 1.50 bits per heavy atom. The van der Waals surface area contributed by atoms with Gasteiger partial charge >= 0.3 is 0 Å². The van der Waals surface area contributed by atoms with E-state index >= 15 is 0 Å². The molecule has 30 heavy (non-hydrogen) atoms. The molecule has 3 N–H and O–H groups in total. The second kappa shape index (κ2) is 14.2. The normalized spacial score (nSPS) is 11.2. The van der Waals surface area contributed by atoms with Crippen LogP contribution >= 0.6 is 0 Å². The van der Waals surface area contributed by atoms with Gasteiger partial charge in [0, 0.05) is 5.56 Å². The molecule has 0 saturated heterocycles. The van der Waals surface area contributed by atoms with E-state index in [2.05, 4.69) is 25.1 Å². The first-order valence-corrected chi connectivity index (χ1v) is 11.7. The van der Waals surface area contributed by atoms with Crippen LogP contribution < -0.4 is 0 Å². The highest BCUT2D eigenvalue weighted by molar-refractivity contribution is 5.35. The summed E-state index contributed by atoms with van der Waals surface area (Å²) in [7, 11) is 0. The summed E-state index contributed by atoms with van der Waals surface area (Å²) in [5.74, 6) is 0.187. The van der Waals surface area contributed by atoms with E-state index in [1.165, 1.54) is 80.9 Å². The first-order chi connectivity index (χ1) is 14.6. The fourth-order valence-electron chi connectivity index (χ4n) is 4.04. The highest BCUT2D eigenvalue weighted by atomic mass is 16.3. The van der Waals surface area contributed by atoms with Crippen molar-refractivity contribution in [1.82, 2.24) is 0 Å². The van der Waals surface area contributed by atoms with E-state index in [1.807, 2.05) is 12.1 Å². The standard InChI is InChI=1S/C27H40O3/c1-22-14-15-23(18-25(22)20-28)12-10-8-6-4-2-3-5-7-9-11-13-24-16-17-27(30)26(19-24)21-29/h14-19,28-30H,2-13,20-21H2,1H3. The monoisotopic (exact) mass is 412 g/mol. The fraction of sp³-hybridized carbons (Fsp3) is 0.556. The van der Waals surface area contributed by atoms with Gasteiger partial charge in [-0.25, -0.2) is 0 Å². The number of hydrogen-bond acceptors (Lipinski definition) is 3. The second-order valence-electron chi connectivity index (χ2n) is 8.58. The van der Waals surface area contributed by atoms with Gasteiger partial charge in [-0.05, 0) is 67.0 Å². The molecule has 166 valence electrons. The summed E-state index contributed by atoms with van der Waals surface area (Å²) in [6.45, 7) is 2.09. The van der Waals surface area contributed by atoms with Crippen molar-refractivity contribution in [3.05, 3.63) is 64.2 Å². The maximum atomic E-state index is 9.61. The Bertz CT molecular complexity index is 675. The van der Waals surface area contributed by atoms with Crippen LogP contribution in [0.3, 0.4) is 0 Å². The average molecular weight is 413 g/mol. The Balaban J connectivity index is 1.42. The van der Waals surface area contributed by atoms with Gasteiger partial charge < -0.3 is 15.3 Å². The van der Waals surface area contributed by atoms with Crippen LogP contribution in [0.2, 0.25) is 0 Å². The van der Waals surface area contributed by atoms with Gasteiger partial charge in [0.15, 0.2) is 0 Å². The van der Waals surface area contributed by atoms with Crippen molar-refractivity contribution in [2.24, 2.45) is 0 Å². The molecule has 2 aromatic rings. The minimum Gasteiger partial charge on any atom is -0.508 e. The quantitative estimate of drug-likeness (QED) is 0.298. The summed E-state index contributed by atoms with van der Waals surface area (Å²) >= 11 is 0. The largest absolute Gasteiger partial charge is 0.508 e. The number of hydrogen-bond donors (Lipinski definition) is 3. The van der Waals surface area contributed by atoms with Crippen LogP contribution in [0.25, 0.3) is 0 Å². The molecular formula is C27H40O3. The molecule has 2 rings (SSSR count). The van der Waals surface area contributed by atoms with Crippen LogP contribution in [-0.2, 0) is 26.1 Å². The molecule has 0 atom stereocenters. The first-order valence-electron chi connectivity index (χ1n) is 11.7. The Hall–Kier alpha value is -1.84. The number of aliphatic hydroxyl groups is 2. The third kappa shape index (κ3) is 8.89. The zero-order valence-corrected chi connectivity index (χ0v) is 18.7. The molecule has 0 bridgehead atoms. The lowest BCUT2D eigenvalue weighted by molar-refractivity contribution is 0.275. The van der Waals surface area contributed by atoms with Gasteiger partial charge in [0.05, 0.1) is 13.2 Å². The number of benzene rings is 2. The SMILES string of the molecule is Cc1ccc(CCCCCCCCCCCCc2ccc(O)c(CO)c2)cc1CO. The molecule has 0 radical (unpaired) electrons. The molecule has 0 amide bonds. The van der Waals surface area contributed by atoms with Gasteiger partial charge in [0.2, 0.25) is 0 Å². The summed E-state index contributed by atoms with van der Waals surface area (Å²) in [5, 5.41) is 28.2. The number of aryl methyl sites for hydroxylation is 3. The van der Waals surface area contributed by atoms with Crippen molar-refractivity contribution in [3.8, 4) is 5.75 Å². The first kappa shape index (κ1) is 24.4. The summed E-state index contributed by atoms with van der Waals surface area (Å²) in [6.07, 6.45) is 15.1. The molecule has 0 aliphatic carbocycles. The summed E-state index contributed by atoms with van der Waals surface area (Å²) in [6, 6.07) is 12.0. The van der Waals surface area contributed by atoms with Crippen LogP contribution in [-0.4, -0.2) is 15.3 Å². The van der Waals surface area contributed by atoms with Crippen molar-refractivity contribution in [3.63, 3.8) is 0 Å². The van der Waals surface area contributed by atoms with Crippen molar-refractivity contribution in [1.29, 1.82) is 0 Å². The Labute approximate surface area is 182 Å². The molecule has 3 heteroatoms. The molecule has 0 aliphatic heterocycles. The van der Waals surface area contributed by atoms with Crippen LogP contribution in [0.4, 0.5) is 0 Å². The van der Waals surface area contributed by atoms with Crippen molar-refractivity contribution >= 4 is 0 Å². The Kier molecular flexibility index (Phi) is 11.6. The van der Waals surface area contributed by atoms with Crippen LogP contribution in [0.15, 0.2) is 36.4 Å². The lowest BCUT2D eigenvalue weighted by Crippen LogP contribution is -1.93. The third-order valence-corrected chi connectivity index (χ3v) is 6.08. The van der Waals surface area contributed by atoms with Gasteiger partial charge in [-0.1, -0.05) is 75.6 Å². The van der Waals surface area contributed by atoms with E-state index in [4.69, 9.17) is 0 Å². The van der Waals surface area contributed by atoms with Crippen LogP contribution in [0.1, 0.15) is 92.0 Å². The minimum absolute atomic E-state index is 0.101. The minimum atomic E-state index is -0.101. The summed E-state index contributed by atoms with van der Waals surface area (Å²) in [4.78, 5) is 0. The molecule has 2 aromatic carbocycles. The van der Waals surface area contributed by atoms with Crippen LogP contribution in [0, 0.1) is 6.92 Å². The highest BCUT2D eigenvalue weighted by Crippen LogP contribution is 2.20. The number of aromatic hydroxyl groups is 1. The van der Waals surface area contributed by atoms with Crippen LogP contribution in [0.5, 0.6) is 5.75 Å². The van der Waals surface area contributed by atoms with Gasteiger partial charge in [-0.2, -0.15) is 0 Å². The van der Waals surface area contributed by atoms with E-state index < -0.39 is 0 Å². The molecule has 0 fully saturated rings. The van der Waals surface area contributed by atoms with E-state index in [9.17, 15) is 15.3 Å². The average Bonchev–Trinajstić information content (AvgIpc) is 2.76. The number of unbranched alkanes of at least 4 members (excludes halogenated alkanes) is 9. The van der Waals surface area contributed by atoms with Crippen molar-refractivity contribution in [2.45, 2.75) is 97.2 Å². The van der Waals surface area contributed by atoms with Gasteiger partial charge in [0.1, 0.15) is 5.75 Å². The lowest BCUT2D eigenvalue weighted by Gasteiger charge is -2.07. The molecule has 0 heterocycles. The molecule has 0 unspecified atom stereocenters. The number of phenols is 1. The number of rotatable bonds is 15. The topological polar surface area (TPSA) is 60.7 Å². The second-order valence-corrected chi connectivity index (χ2v) is 8.58. The molecule has 0 saturated carbocycles. The van der Waals surface area contributed by atoms with E-state index in [-0.39, 0.29) is 19.0 Å². The van der Waals surface area contributed by atoms with Crippen molar-refractivity contribution in [2.75, 3.05) is 0 Å². The van der Waals surface area contributed by atoms with E-state index in [0.717, 1.165) is 18.4 Å². The summed E-state index contributed by atoms with van der Waals surface area (Å²) in [5.41, 5.74) is 5.42. The predicted octanol–water partition coefficient (Wildman–Crippen LogP) is 6.37. The molecule has 0 aromatic heterocycles. The maximum Gasteiger partial charge on any atom is 0.121 e. The molecule has 3 nitrogen and oxygen atoms in total. The highest BCUT2D eigenvalue weighted by Gasteiger charge is 2.02. The van der Waals surface area contributed by atoms with Gasteiger partial charge in [-0.15, -0.1) is 0 Å². The molecular weight excluding hydrogens is 372 g/mol. The summed E-state index contributed by atoms with van der Waals surface area (Å²) < 4.78 is 0. The fourth-order valence-corrected chi connectivity index (χ4v) is 4.04. The predicted molar refractivity (Wildman–Crippen MR) is 125 cm³/mol. The third-order valence-electron chi connectivity index (χ3n) is 6.08. The smallest absolute Gasteiger partial charge is 0.121 e. The zero-order valence-electron chi connectivity index (χ0n) is 18.7. The van der Waals surface area contributed by atoms with E-state index in [1.54, 1.807) is 6.07 Å². The zero-order chi connectivity index (χ0) is 21.6. The van der Waals surface area contributed by atoms with Gasteiger partial charge in [-0.3, -0.25) is 0 Å². The van der Waals surface area contributed by atoms with E-state index in [0.29, 0.717) is 5.56 Å². The Morgan fingerprint density at radius 2 is 1.00 bits per heavy atom.